The van der Waals surface area contributed by atoms with Crippen molar-refractivity contribution in [1.82, 2.24) is 14.5 Å². The number of fused-ring (bicyclic) bond motifs is 1. The summed E-state index contributed by atoms with van der Waals surface area (Å²) >= 11 is 0. The van der Waals surface area contributed by atoms with Crippen LogP contribution in [0.25, 0.3) is 11.3 Å². The summed E-state index contributed by atoms with van der Waals surface area (Å²) in [5.41, 5.74) is 2.42. The van der Waals surface area contributed by atoms with E-state index in [-0.39, 0.29) is 29.5 Å². The fourth-order valence-electron chi connectivity index (χ4n) is 4.25. The van der Waals surface area contributed by atoms with Crippen molar-refractivity contribution in [2.24, 2.45) is 0 Å². The summed E-state index contributed by atoms with van der Waals surface area (Å²) in [5, 5.41) is 0. The quantitative estimate of drug-likeness (QED) is 0.434. The summed E-state index contributed by atoms with van der Waals surface area (Å²) in [7, 11) is 0. The second-order valence-corrected chi connectivity index (χ2v) is 7.94. The second kappa shape index (κ2) is 8.78. The number of Topliss-reactive ketones (excluding diaryl/α,β-unsaturated/α-hetero) is 1. The number of pyridine rings is 1. The lowest BCUT2D eigenvalue weighted by Crippen LogP contribution is -2.43. The average Bonchev–Trinajstić information content (AvgIpc) is 2.85. The first-order chi connectivity index (χ1) is 16.1. The van der Waals surface area contributed by atoms with Crippen LogP contribution in [0.15, 0.2) is 90.0 Å². The van der Waals surface area contributed by atoms with Crippen molar-refractivity contribution in [3.8, 4) is 11.3 Å². The molecule has 0 spiro atoms. The first kappa shape index (κ1) is 20.8. The molecule has 3 heterocycles. The van der Waals surface area contributed by atoms with Crippen molar-refractivity contribution in [3.63, 3.8) is 0 Å². The van der Waals surface area contributed by atoms with E-state index in [1.165, 1.54) is 24.3 Å². The molecule has 2 aromatic heterocycles. The molecule has 0 aliphatic carbocycles. The molecule has 0 saturated heterocycles. The van der Waals surface area contributed by atoms with Crippen molar-refractivity contribution in [2.45, 2.75) is 19.0 Å². The number of halogens is 1. The third-order valence-corrected chi connectivity index (χ3v) is 5.87. The standard InChI is InChI=1S/C26H21FN4O2/c27-21-8-4-7-20(15-21)24(32)17-31-23(19-5-2-1-3-6-19)11-14-30-25(33)16-22(29-26(30)31)18-9-12-28-13-10-18/h1-10,12-13,15-16,23H,11,14,17H2. The third kappa shape index (κ3) is 4.17. The molecule has 1 aliphatic rings. The molecule has 4 aromatic rings. The maximum atomic E-state index is 13.8. The Hall–Kier alpha value is -4.13. The van der Waals surface area contributed by atoms with Crippen LogP contribution in [0.2, 0.25) is 0 Å². The predicted octanol–water partition coefficient (Wildman–Crippen LogP) is 4.28. The molecule has 2 aromatic carbocycles. The Morgan fingerprint density at radius 3 is 2.55 bits per heavy atom. The highest BCUT2D eigenvalue weighted by molar-refractivity contribution is 5.99. The van der Waals surface area contributed by atoms with E-state index in [1.54, 1.807) is 35.2 Å². The Labute approximate surface area is 190 Å². The summed E-state index contributed by atoms with van der Waals surface area (Å²) in [6.07, 6.45) is 3.93. The van der Waals surface area contributed by atoms with Crippen molar-refractivity contribution in [2.75, 3.05) is 11.4 Å². The molecule has 5 rings (SSSR count). The Morgan fingerprint density at radius 1 is 1.00 bits per heavy atom. The fraction of sp³-hybridized carbons (Fsp3) is 0.154. The minimum Gasteiger partial charge on any atom is -0.327 e. The van der Waals surface area contributed by atoms with Gasteiger partial charge in [0.25, 0.3) is 5.56 Å². The topological polar surface area (TPSA) is 68.1 Å². The Morgan fingerprint density at radius 2 is 1.79 bits per heavy atom. The number of nitrogens with zero attached hydrogens (tertiary/aromatic N) is 4. The van der Waals surface area contributed by atoms with Crippen LogP contribution in [0.4, 0.5) is 10.3 Å². The molecule has 1 atom stereocenters. The predicted molar refractivity (Wildman–Crippen MR) is 124 cm³/mol. The van der Waals surface area contributed by atoms with Crippen molar-refractivity contribution in [3.05, 3.63) is 112 Å². The number of carbonyl (C=O) groups excluding carboxylic acids is 1. The number of aromatic nitrogens is 3. The van der Waals surface area contributed by atoms with E-state index in [4.69, 9.17) is 4.98 Å². The van der Waals surface area contributed by atoms with Crippen LogP contribution in [0.3, 0.4) is 0 Å². The van der Waals surface area contributed by atoms with Crippen LogP contribution in [0, 0.1) is 5.82 Å². The minimum absolute atomic E-state index is 0.0325. The first-order valence-electron chi connectivity index (χ1n) is 10.7. The lowest BCUT2D eigenvalue weighted by atomic mass is 9.99. The van der Waals surface area contributed by atoms with Gasteiger partial charge in [0.05, 0.1) is 18.3 Å². The monoisotopic (exact) mass is 440 g/mol. The van der Waals surface area contributed by atoms with Gasteiger partial charge in [-0.2, -0.15) is 0 Å². The maximum Gasteiger partial charge on any atom is 0.255 e. The lowest BCUT2D eigenvalue weighted by Gasteiger charge is -2.38. The zero-order chi connectivity index (χ0) is 22.8. The largest absolute Gasteiger partial charge is 0.327 e. The van der Waals surface area contributed by atoms with Crippen LogP contribution in [-0.4, -0.2) is 26.9 Å². The van der Waals surface area contributed by atoms with Crippen LogP contribution in [0.5, 0.6) is 0 Å². The normalized spacial score (nSPS) is 15.2. The van der Waals surface area contributed by atoms with Gasteiger partial charge in [0.2, 0.25) is 5.95 Å². The van der Waals surface area contributed by atoms with Gasteiger partial charge < -0.3 is 4.90 Å². The van der Waals surface area contributed by atoms with Crippen LogP contribution < -0.4 is 10.5 Å². The Balaban J connectivity index is 1.61. The molecule has 0 amide bonds. The summed E-state index contributed by atoms with van der Waals surface area (Å²) in [6, 6.07) is 20.4. The molecule has 0 radical (unpaired) electrons. The number of rotatable bonds is 5. The molecule has 164 valence electrons. The Bertz CT molecular complexity index is 1360. The number of carbonyl (C=O) groups is 1. The van der Waals surface area contributed by atoms with E-state index >= 15 is 0 Å². The number of benzene rings is 2. The van der Waals surface area contributed by atoms with E-state index < -0.39 is 5.82 Å². The molecule has 1 aliphatic heterocycles. The zero-order valence-electron chi connectivity index (χ0n) is 17.8. The number of anilines is 1. The maximum absolute atomic E-state index is 13.8. The van der Waals surface area contributed by atoms with Crippen LogP contribution in [0.1, 0.15) is 28.4 Å². The molecule has 7 heteroatoms. The van der Waals surface area contributed by atoms with Crippen LogP contribution >= 0.6 is 0 Å². The summed E-state index contributed by atoms with van der Waals surface area (Å²) in [5.74, 6) is -0.277. The van der Waals surface area contributed by atoms with E-state index in [9.17, 15) is 14.0 Å². The summed E-state index contributed by atoms with van der Waals surface area (Å²) in [6.45, 7) is 0.456. The highest BCUT2D eigenvalue weighted by atomic mass is 19.1. The van der Waals surface area contributed by atoms with Gasteiger partial charge in [-0.3, -0.25) is 19.1 Å². The van der Waals surface area contributed by atoms with Gasteiger partial charge in [0, 0.05) is 36.1 Å². The molecule has 0 saturated carbocycles. The zero-order valence-corrected chi connectivity index (χ0v) is 17.8. The lowest BCUT2D eigenvalue weighted by molar-refractivity contribution is 0.0994. The van der Waals surface area contributed by atoms with Gasteiger partial charge in [-0.25, -0.2) is 9.37 Å². The van der Waals surface area contributed by atoms with E-state index in [2.05, 4.69) is 4.98 Å². The van der Waals surface area contributed by atoms with E-state index in [1.807, 2.05) is 35.2 Å². The smallest absolute Gasteiger partial charge is 0.255 e. The number of hydrogen-bond acceptors (Lipinski definition) is 5. The van der Waals surface area contributed by atoms with Crippen molar-refractivity contribution < 1.29 is 9.18 Å². The first-order valence-corrected chi connectivity index (χ1v) is 10.7. The molecular weight excluding hydrogens is 419 g/mol. The number of ketones is 1. The summed E-state index contributed by atoms with van der Waals surface area (Å²) in [4.78, 5) is 36.8. The fourth-order valence-corrected chi connectivity index (χ4v) is 4.25. The van der Waals surface area contributed by atoms with Gasteiger partial charge in [-0.1, -0.05) is 42.5 Å². The SMILES string of the molecule is O=C(CN1c2nc(-c3ccncc3)cc(=O)n2CCC1c1ccccc1)c1cccc(F)c1. The van der Waals surface area contributed by atoms with Crippen LogP contribution in [-0.2, 0) is 6.54 Å². The minimum atomic E-state index is -0.464. The molecule has 0 bridgehead atoms. The molecule has 33 heavy (non-hydrogen) atoms. The molecular formula is C26H21FN4O2. The molecule has 0 fully saturated rings. The highest BCUT2D eigenvalue weighted by Gasteiger charge is 2.31. The molecule has 1 unspecified atom stereocenters. The van der Waals surface area contributed by atoms with Gasteiger partial charge in [-0.15, -0.1) is 0 Å². The van der Waals surface area contributed by atoms with Gasteiger partial charge in [0.1, 0.15) is 5.82 Å². The number of hydrogen-bond donors (Lipinski definition) is 0. The Kier molecular flexibility index (Phi) is 5.52. The second-order valence-electron chi connectivity index (χ2n) is 7.94. The summed E-state index contributed by atoms with van der Waals surface area (Å²) < 4.78 is 15.4. The molecule has 6 nitrogen and oxygen atoms in total. The van der Waals surface area contributed by atoms with Crippen molar-refractivity contribution >= 4 is 11.7 Å². The van der Waals surface area contributed by atoms with Gasteiger partial charge in [-0.05, 0) is 36.2 Å². The molecule has 0 N–H and O–H groups in total. The van der Waals surface area contributed by atoms with E-state index in [0.29, 0.717) is 24.6 Å². The average molecular weight is 440 g/mol. The van der Waals surface area contributed by atoms with E-state index in [0.717, 1.165) is 11.1 Å². The van der Waals surface area contributed by atoms with Gasteiger partial charge >= 0.3 is 0 Å². The van der Waals surface area contributed by atoms with Gasteiger partial charge in [0.15, 0.2) is 5.78 Å². The highest BCUT2D eigenvalue weighted by Crippen LogP contribution is 2.34. The van der Waals surface area contributed by atoms with Crippen molar-refractivity contribution in [1.29, 1.82) is 0 Å². The third-order valence-electron chi connectivity index (χ3n) is 5.87.